The highest BCUT2D eigenvalue weighted by atomic mass is 16.3. The molecular formula is C56H36O. The summed E-state index contributed by atoms with van der Waals surface area (Å²) in [5, 5.41) is 9.95. The van der Waals surface area contributed by atoms with Crippen LogP contribution in [-0.4, -0.2) is 0 Å². The summed E-state index contributed by atoms with van der Waals surface area (Å²) in [6, 6.07) is 73.7. The number of benzene rings is 10. The van der Waals surface area contributed by atoms with Crippen LogP contribution in [0.4, 0.5) is 0 Å². The summed E-state index contributed by atoms with van der Waals surface area (Å²) in [6.07, 6.45) is 0.835. The van der Waals surface area contributed by atoms with Crippen LogP contribution in [0.15, 0.2) is 205 Å². The maximum atomic E-state index is 6.72. The van der Waals surface area contributed by atoms with Crippen molar-refractivity contribution < 1.29 is 4.42 Å². The molecule has 1 atom stereocenters. The highest BCUT2D eigenvalue weighted by Gasteiger charge is 2.31. The molecule has 57 heavy (non-hydrogen) atoms. The molecule has 0 amide bonds. The van der Waals surface area contributed by atoms with Crippen LogP contribution >= 0.6 is 0 Å². The first-order valence-corrected chi connectivity index (χ1v) is 19.9. The first-order valence-electron chi connectivity index (χ1n) is 19.9. The molecule has 0 spiro atoms. The zero-order valence-corrected chi connectivity index (χ0v) is 31.2. The van der Waals surface area contributed by atoms with E-state index in [4.69, 9.17) is 4.42 Å². The lowest BCUT2D eigenvalue weighted by molar-refractivity contribution is 0.670. The van der Waals surface area contributed by atoms with Crippen molar-refractivity contribution in [2.45, 2.75) is 12.3 Å². The molecule has 0 N–H and O–H groups in total. The van der Waals surface area contributed by atoms with Crippen LogP contribution in [0.2, 0.25) is 0 Å². The van der Waals surface area contributed by atoms with Gasteiger partial charge in [0.2, 0.25) is 0 Å². The molecule has 1 aromatic heterocycles. The third-order valence-corrected chi connectivity index (χ3v) is 12.5. The van der Waals surface area contributed by atoms with Gasteiger partial charge in [-0.25, -0.2) is 0 Å². The van der Waals surface area contributed by atoms with E-state index >= 15 is 0 Å². The molecule has 1 aliphatic rings. The molecule has 0 radical (unpaired) electrons. The van der Waals surface area contributed by atoms with Gasteiger partial charge in [-0.15, -0.1) is 0 Å². The van der Waals surface area contributed by atoms with Gasteiger partial charge in [0.05, 0.1) is 0 Å². The van der Waals surface area contributed by atoms with Crippen molar-refractivity contribution in [1.29, 1.82) is 0 Å². The molecule has 1 aliphatic carbocycles. The minimum absolute atomic E-state index is 0.00487. The van der Waals surface area contributed by atoms with Crippen LogP contribution in [0.25, 0.3) is 87.6 Å². The van der Waals surface area contributed by atoms with E-state index in [1.54, 1.807) is 0 Å². The molecule has 0 fully saturated rings. The Morgan fingerprint density at radius 2 is 0.982 bits per heavy atom. The Morgan fingerprint density at radius 3 is 1.81 bits per heavy atom. The Hall–Kier alpha value is -7.22. The number of fused-ring (bicyclic) bond motifs is 10. The van der Waals surface area contributed by atoms with Crippen LogP contribution in [0.5, 0.6) is 0 Å². The van der Waals surface area contributed by atoms with Crippen molar-refractivity contribution in [3.8, 4) is 33.4 Å². The fourth-order valence-electron chi connectivity index (χ4n) is 9.91. The van der Waals surface area contributed by atoms with Gasteiger partial charge in [0.1, 0.15) is 11.2 Å². The Labute approximate surface area is 331 Å². The molecule has 0 aliphatic heterocycles. The third kappa shape index (κ3) is 4.95. The average Bonchev–Trinajstić information content (AvgIpc) is 3.85. The Morgan fingerprint density at radius 1 is 0.368 bits per heavy atom. The number of hydrogen-bond donors (Lipinski definition) is 0. The maximum absolute atomic E-state index is 6.72. The summed E-state index contributed by atoms with van der Waals surface area (Å²) in [5.74, 6) is 0.00487. The van der Waals surface area contributed by atoms with E-state index in [0.717, 1.165) is 33.9 Å². The van der Waals surface area contributed by atoms with Gasteiger partial charge in [0, 0.05) is 22.3 Å². The van der Waals surface area contributed by atoms with Crippen LogP contribution in [-0.2, 0) is 6.42 Å². The van der Waals surface area contributed by atoms with Gasteiger partial charge in [-0.1, -0.05) is 182 Å². The van der Waals surface area contributed by atoms with Gasteiger partial charge in [0.15, 0.2) is 0 Å². The highest BCUT2D eigenvalue weighted by Crippen LogP contribution is 2.51. The van der Waals surface area contributed by atoms with Gasteiger partial charge in [-0.05, 0) is 113 Å². The maximum Gasteiger partial charge on any atom is 0.143 e. The normalized spacial score (nSPS) is 12.8. The molecule has 11 aromatic rings. The Bertz CT molecular complexity index is 3370. The predicted molar refractivity (Wildman–Crippen MR) is 239 cm³/mol. The van der Waals surface area contributed by atoms with Crippen LogP contribution in [0.3, 0.4) is 0 Å². The molecule has 1 unspecified atom stereocenters. The third-order valence-electron chi connectivity index (χ3n) is 12.5. The van der Waals surface area contributed by atoms with Crippen molar-refractivity contribution in [2.75, 3.05) is 0 Å². The molecule has 12 rings (SSSR count). The van der Waals surface area contributed by atoms with E-state index < -0.39 is 0 Å². The Balaban J connectivity index is 1.11. The summed E-state index contributed by atoms with van der Waals surface area (Å²) in [6.45, 7) is 0. The Kier molecular flexibility index (Phi) is 7.12. The fourth-order valence-corrected chi connectivity index (χ4v) is 9.91. The minimum atomic E-state index is 0.00487. The summed E-state index contributed by atoms with van der Waals surface area (Å²) in [4.78, 5) is 0. The van der Waals surface area contributed by atoms with Crippen LogP contribution in [0.1, 0.15) is 33.7 Å². The van der Waals surface area contributed by atoms with Gasteiger partial charge in [-0.2, -0.15) is 0 Å². The standard InChI is InChI=1S/C56H36O/c1-2-14-35(15-3-1)36-28-30-37(31-29-36)54(51-33-38-16-4-6-18-40(38)42-20-8-9-21-43(42)51)46-24-12-23-44-49-32-39-17-5-7-19-41(39)55(52(49)34-50(44)46)48-26-13-25-47-45-22-10-11-27-53(45)57-56(47)48/h1-33,54H,34H2. The van der Waals surface area contributed by atoms with E-state index in [0.29, 0.717) is 0 Å². The van der Waals surface area contributed by atoms with Crippen molar-refractivity contribution in [1.82, 2.24) is 0 Å². The van der Waals surface area contributed by atoms with E-state index in [1.807, 2.05) is 0 Å². The van der Waals surface area contributed by atoms with Gasteiger partial charge >= 0.3 is 0 Å². The number of hydrogen-bond acceptors (Lipinski definition) is 1. The summed E-state index contributed by atoms with van der Waals surface area (Å²) < 4.78 is 6.72. The summed E-state index contributed by atoms with van der Waals surface area (Å²) in [5.41, 5.74) is 16.1. The first-order chi connectivity index (χ1) is 28.3. The fraction of sp³-hybridized carbons (Fsp3) is 0.0357. The number of para-hydroxylation sites is 2. The highest BCUT2D eigenvalue weighted by molar-refractivity contribution is 6.14. The monoisotopic (exact) mass is 724 g/mol. The topological polar surface area (TPSA) is 13.1 Å². The quantitative estimate of drug-likeness (QED) is 0.127. The predicted octanol–water partition coefficient (Wildman–Crippen LogP) is 15.1. The average molecular weight is 725 g/mol. The van der Waals surface area contributed by atoms with Crippen LogP contribution in [0, 0.1) is 0 Å². The second-order valence-corrected chi connectivity index (χ2v) is 15.5. The van der Waals surface area contributed by atoms with Crippen molar-refractivity contribution in [3.05, 3.63) is 228 Å². The molecular weight excluding hydrogens is 689 g/mol. The lowest BCUT2D eigenvalue weighted by atomic mass is 9.78. The summed E-state index contributed by atoms with van der Waals surface area (Å²) in [7, 11) is 0. The molecule has 1 heteroatoms. The largest absolute Gasteiger partial charge is 0.455 e. The molecule has 0 bridgehead atoms. The molecule has 0 saturated heterocycles. The van der Waals surface area contributed by atoms with Crippen molar-refractivity contribution in [3.63, 3.8) is 0 Å². The van der Waals surface area contributed by atoms with Gasteiger partial charge < -0.3 is 4.42 Å². The second-order valence-electron chi connectivity index (χ2n) is 15.5. The zero-order valence-electron chi connectivity index (χ0n) is 31.2. The number of furan rings is 1. The SMILES string of the molecule is c1ccc(-c2ccc(C(c3cccc4c3Cc3c-4cc4ccccc4c3-c3cccc4c3oc3ccccc34)c3cc4ccccc4c4ccccc34)cc2)cc1. The van der Waals surface area contributed by atoms with Crippen LogP contribution < -0.4 is 0 Å². The van der Waals surface area contributed by atoms with Gasteiger partial charge in [-0.3, -0.25) is 0 Å². The lowest BCUT2D eigenvalue weighted by Gasteiger charge is -2.25. The first kappa shape index (κ1) is 32.1. The van der Waals surface area contributed by atoms with E-state index in [9.17, 15) is 0 Å². The smallest absolute Gasteiger partial charge is 0.143 e. The van der Waals surface area contributed by atoms with Gasteiger partial charge in [0.25, 0.3) is 0 Å². The molecule has 10 aromatic carbocycles. The zero-order chi connectivity index (χ0) is 37.5. The molecule has 1 nitrogen and oxygen atoms in total. The molecule has 1 heterocycles. The molecule has 0 saturated carbocycles. The van der Waals surface area contributed by atoms with E-state index in [1.165, 1.54) is 88.0 Å². The molecule has 266 valence electrons. The van der Waals surface area contributed by atoms with Crippen molar-refractivity contribution in [2.24, 2.45) is 0 Å². The second kappa shape index (κ2) is 12.7. The van der Waals surface area contributed by atoms with E-state index in [-0.39, 0.29) is 5.92 Å². The van der Waals surface area contributed by atoms with Crippen molar-refractivity contribution >= 4 is 54.3 Å². The minimum Gasteiger partial charge on any atom is -0.455 e. The summed E-state index contributed by atoms with van der Waals surface area (Å²) >= 11 is 0. The number of rotatable bonds is 5. The lowest BCUT2D eigenvalue weighted by Crippen LogP contribution is -2.08. The van der Waals surface area contributed by atoms with E-state index in [2.05, 4.69) is 200 Å².